The van der Waals surface area contributed by atoms with Gasteiger partial charge in [-0.25, -0.2) is 4.98 Å². The summed E-state index contributed by atoms with van der Waals surface area (Å²) in [6, 6.07) is 2.29. The number of aromatic nitrogens is 1. The Labute approximate surface area is 103 Å². The predicted octanol–water partition coefficient (Wildman–Crippen LogP) is 2.52. The van der Waals surface area contributed by atoms with Crippen LogP contribution in [0.15, 0.2) is 18.3 Å². The molecular weight excluding hydrogens is 245 g/mol. The first-order chi connectivity index (χ1) is 8.39. The zero-order valence-electron chi connectivity index (χ0n) is 9.87. The third-order valence-corrected chi connectivity index (χ3v) is 3.15. The van der Waals surface area contributed by atoms with Crippen LogP contribution in [-0.4, -0.2) is 23.9 Å². The molecule has 0 aromatic carbocycles. The summed E-state index contributed by atoms with van der Waals surface area (Å²) in [5.41, 5.74) is -0.741. The molecule has 0 unspecified atom stereocenters. The first-order valence-electron chi connectivity index (χ1n) is 5.67. The van der Waals surface area contributed by atoms with Crippen molar-refractivity contribution in [3.63, 3.8) is 0 Å². The lowest BCUT2D eigenvalue weighted by Crippen LogP contribution is -2.25. The highest BCUT2D eigenvalue weighted by molar-refractivity contribution is 5.79. The molecule has 0 amide bonds. The Bertz CT molecular complexity index is 459. The predicted molar refractivity (Wildman–Crippen MR) is 60.2 cm³/mol. The monoisotopic (exact) mass is 258 g/mol. The Balaban J connectivity index is 2.27. The topological polar surface area (TPSA) is 33.2 Å². The largest absolute Gasteiger partial charge is 0.419 e. The summed E-state index contributed by atoms with van der Waals surface area (Å²) in [6.07, 6.45) is -2.49. The zero-order valence-corrected chi connectivity index (χ0v) is 9.87. The molecule has 1 aliphatic rings. The molecule has 1 saturated heterocycles. The highest BCUT2D eigenvalue weighted by Crippen LogP contribution is 2.36. The lowest BCUT2D eigenvalue weighted by molar-refractivity contribution is -0.137. The molecule has 6 heteroatoms. The van der Waals surface area contributed by atoms with Crippen molar-refractivity contribution in [3.8, 4) is 0 Å². The average Bonchev–Trinajstić information content (AvgIpc) is 2.77. The first-order valence-corrected chi connectivity index (χ1v) is 5.67. The van der Waals surface area contributed by atoms with Gasteiger partial charge in [-0.3, -0.25) is 4.79 Å². The van der Waals surface area contributed by atoms with E-state index in [0.29, 0.717) is 19.5 Å². The minimum absolute atomic E-state index is 0.0157. The number of alkyl halides is 3. The van der Waals surface area contributed by atoms with E-state index in [1.54, 1.807) is 0 Å². The molecule has 1 fully saturated rings. The smallest absolute Gasteiger partial charge is 0.355 e. The van der Waals surface area contributed by atoms with E-state index < -0.39 is 11.7 Å². The van der Waals surface area contributed by atoms with E-state index in [1.807, 2.05) is 0 Å². The summed E-state index contributed by atoms with van der Waals surface area (Å²) >= 11 is 0. The summed E-state index contributed by atoms with van der Waals surface area (Å²) in [7, 11) is 0. The normalized spacial score (nSPS) is 20.2. The standard InChI is InChI=1S/C12H13F3N2O/c1-8(18)9-4-6-17(7-9)11-10(12(13,14)15)3-2-5-16-11/h2-3,5,9H,4,6-7H2,1H3/t9-/m0/s1. The number of carbonyl (C=O) groups excluding carboxylic acids is 1. The van der Waals surface area contributed by atoms with Gasteiger partial charge in [0.2, 0.25) is 0 Å². The second-order valence-electron chi connectivity index (χ2n) is 4.41. The molecule has 0 spiro atoms. The third-order valence-electron chi connectivity index (χ3n) is 3.15. The Hall–Kier alpha value is -1.59. The van der Waals surface area contributed by atoms with Crippen molar-refractivity contribution in [2.75, 3.05) is 18.0 Å². The maximum atomic E-state index is 12.8. The van der Waals surface area contributed by atoms with Gasteiger partial charge in [0.05, 0.1) is 5.56 Å². The van der Waals surface area contributed by atoms with Crippen molar-refractivity contribution < 1.29 is 18.0 Å². The lowest BCUT2D eigenvalue weighted by atomic mass is 10.1. The van der Waals surface area contributed by atoms with Crippen LogP contribution in [0.25, 0.3) is 0 Å². The van der Waals surface area contributed by atoms with Crippen molar-refractivity contribution in [1.82, 2.24) is 4.98 Å². The summed E-state index contributed by atoms with van der Waals surface area (Å²) in [6.45, 7) is 2.22. The van der Waals surface area contributed by atoms with Crippen LogP contribution in [0.4, 0.5) is 19.0 Å². The minimum atomic E-state index is -4.42. The van der Waals surface area contributed by atoms with Crippen molar-refractivity contribution in [1.29, 1.82) is 0 Å². The number of Topliss-reactive ketones (excluding diaryl/α,β-unsaturated/α-hetero) is 1. The van der Waals surface area contributed by atoms with Crippen LogP contribution in [0.3, 0.4) is 0 Å². The summed E-state index contributed by atoms with van der Waals surface area (Å²) in [4.78, 5) is 16.6. The van der Waals surface area contributed by atoms with E-state index in [-0.39, 0.29) is 17.5 Å². The molecule has 0 radical (unpaired) electrons. The molecule has 1 aromatic heterocycles. The fourth-order valence-corrected chi connectivity index (χ4v) is 2.15. The summed E-state index contributed by atoms with van der Waals surface area (Å²) in [5.74, 6) is -0.246. The van der Waals surface area contributed by atoms with E-state index in [1.165, 1.54) is 24.1 Å². The van der Waals surface area contributed by atoms with Crippen molar-refractivity contribution in [3.05, 3.63) is 23.9 Å². The van der Waals surface area contributed by atoms with E-state index in [9.17, 15) is 18.0 Å². The maximum Gasteiger partial charge on any atom is 0.419 e. The zero-order chi connectivity index (χ0) is 13.3. The van der Waals surface area contributed by atoms with Gasteiger partial charge in [-0.05, 0) is 25.5 Å². The van der Waals surface area contributed by atoms with Gasteiger partial charge in [0.1, 0.15) is 11.6 Å². The Morgan fingerprint density at radius 2 is 2.22 bits per heavy atom. The molecule has 0 bridgehead atoms. The van der Waals surface area contributed by atoms with Crippen LogP contribution in [0, 0.1) is 5.92 Å². The number of pyridine rings is 1. The second-order valence-corrected chi connectivity index (χ2v) is 4.41. The molecule has 2 rings (SSSR count). The van der Waals surface area contributed by atoms with Gasteiger partial charge in [-0.15, -0.1) is 0 Å². The molecule has 1 atom stereocenters. The number of nitrogens with zero attached hydrogens (tertiary/aromatic N) is 2. The van der Waals surface area contributed by atoms with Gasteiger partial charge < -0.3 is 4.90 Å². The van der Waals surface area contributed by atoms with Gasteiger partial charge in [-0.2, -0.15) is 13.2 Å². The number of anilines is 1. The van der Waals surface area contributed by atoms with Crippen LogP contribution in [-0.2, 0) is 11.0 Å². The third kappa shape index (κ3) is 2.47. The SMILES string of the molecule is CC(=O)[C@H]1CCN(c2ncccc2C(F)(F)F)C1. The molecule has 2 heterocycles. The lowest BCUT2D eigenvalue weighted by Gasteiger charge is -2.21. The quantitative estimate of drug-likeness (QED) is 0.817. The number of ketones is 1. The molecule has 18 heavy (non-hydrogen) atoms. The van der Waals surface area contributed by atoms with Gasteiger partial charge >= 0.3 is 6.18 Å². The molecule has 3 nitrogen and oxygen atoms in total. The first kappa shape index (κ1) is 12.9. The fourth-order valence-electron chi connectivity index (χ4n) is 2.15. The van der Waals surface area contributed by atoms with Crippen LogP contribution in [0.2, 0.25) is 0 Å². The highest BCUT2D eigenvalue weighted by atomic mass is 19.4. The number of hydrogen-bond donors (Lipinski definition) is 0. The van der Waals surface area contributed by atoms with Gasteiger partial charge in [0.25, 0.3) is 0 Å². The van der Waals surface area contributed by atoms with Crippen LogP contribution in [0.5, 0.6) is 0 Å². The maximum absolute atomic E-state index is 12.8. The van der Waals surface area contributed by atoms with E-state index >= 15 is 0 Å². The van der Waals surface area contributed by atoms with E-state index in [0.717, 1.165) is 6.07 Å². The minimum Gasteiger partial charge on any atom is -0.355 e. The molecule has 1 aliphatic heterocycles. The Kier molecular flexibility index (Phi) is 3.28. The van der Waals surface area contributed by atoms with Crippen molar-refractivity contribution >= 4 is 11.6 Å². The highest BCUT2D eigenvalue weighted by Gasteiger charge is 2.37. The molecule has 0 saturated carbocycles. The molecule has 1 aromatic rings. The van der Waals surface area contributed by atoms with E-state index in [4.69, 9.17) is 0 Å². The number of carbonyl (C=O) groups is 1. The van der Waals surface area contributed by atoms with Crippen LogP contribution >= 0.6 is 0 Å². The number of halogens is 3. The Morgan fingerprint density at radius 1 is 1.50 bits per heavy atom. The summed E-state index contributed by atoms with van der Waals surface area (Å²) in [5, 5.41) is 0. The van der Waals surface area contributed by atoms with Crippen LogP contribution < -0.4 is 4.90 Å². The van der Waals surface area contributed by atoms with Crippen LogP contribution in [0.1, 0.15) is 18.9 Å². The van der Waals surface area contributed by atoms with Crippen molar-refractivity contribution in [2.45, 2.75) is 19.5 Å². The fraction of sp³-hybridized carbons (Fsp3) is 0.500. The van der Waals surface area contributed by atoms with Gasteiger partial charge in [-0.1, -0.05) is 0 Å². The Morgan fingerprint density at radius 3 is 2.78 bits per heavy atom. The van der Waals surface area contributed by atoms with Gasteiger partial charge in [0.15, 0.2) is 0 Å². The van der Waals surface area contributed by atoms with Gasteiger partial charge in [0, 0.05) is 25.2 Å². The average molecular weight is 258 g/mol. The molecule has 0 N–H and O–H groups in total. The summed E-state index contributed by atoms with van der Waals surface area (Å²) < 4.78 is 38.5. The molecular formula is C12H13F3N2O. The number of hydrogen-bond acceptors (Lipinski definition) is 3. The molecule has 0 aliphatic carbocycles. The number of rotatable bonds is 2. The second kappa shape index (κ2) is 4.59. The molecule has 98 valence electrons. The van der Waals surface area contributed by atoms with E-state index in [2.05, 4.69) is 4.98 Å². The van der Waals surface area contributed by atoms with Crippen molar-refractivity contribution in [2.24, 2.45) is 5.92 Å².